The number of nitro benzene ring substituents is 1. The van der Waals surface area contributed by atoms with E-state index in [2.05, 4.69) is 0 Å². The van der Waals surface area contributed by atoms with Crippen molar-refractivity contribution in [1.29, 1.82) is 0 Å². The van der Waals surface area contributed by atoms with E-state index in [0.29, 0.717) is 16.9 Å². The van der Waals surface area contributed by atoms with Crippen molar-refractivity contribution in [2.24, 2.45) is 0 Å². The fourth-order valence-electron chi connectivity index (χ4n) is 1.79. The largest absolute Gasteiger partial charge is 0.497 e. The molecular weight excluding hydrogens is 270 g/mol. The Morgan fingerprint density at radius 2 is 1.95 bits per heavy atom. The predicted octanol–water partition coefficient (Wildman–Crippen LogP) is 3.50. The molecule has 5 nitrogen and oxygen atoms in total. The van der Waals surface area contributed by atoms with E-state index in [1.165, 1.54) is 25.3 Å². The van der Waals surface area contributed by atoms with Crippen molar-refractivity contribution in [3.8, 4) is 5.75 Å². The predicted molar refractivity (Wildman–Crippen MR) is 79.5 cm³/mol. The van der Waals surface area contributed by atoms with Gasteiger partial charge in [-0.3, -0.25) is 14.9 Å². The second-order valence-electron chi connectivity index (χ2n) is 4.28. The van der Waals surface area contributed by atoms with Gasteiger partial charge in [0.1, 0.15) is 5.75 Å². The Labute approximate surface area is 121 Å². The van der Waals surface area contributed by atoms with E-state index in [1.54, 1.807) is 42.5 Å². The van der Waals surface area contributed by atoms with Crippen LogP contribution in [0.5, 0.6) is 5.75 Å². The third-order valence-corrected chi connectivity index (χ3v) is 2.86. The molecular formula is C16H13NO4. The van der Waals surface area contributed by atoms with E-state index in [0.717, 1.165) is 0 Å². The van der Waals surface area contributed by atoms with Crippen molar-refractivity contribution < 1.29 is 14.5 Å². The highest BCUT2D eigenvalue weighted by atomic mass is 16.6. The van der Waals surface area contributed by atoms with E-state index >= 15 is 0 Å². The van der Waals surface area contributed by atoms with Crippen LogP contribution in [0.3, 0.4) is 0 Å². The number of benzene rings is 2. The molecule has 0 heterocycles. The average Bonchev–Trinajstić information content (AvgIpc) is 2.53. The van der Waals surface area contributed by atoms with Crippen LogP contribution >= 0.6 is 0 Å². The highest BCUT2D eigenvalue weighted by Crippen LogP contribution is 2.16. The van der Waals surface area contributed by atoms with Crippen molar-refractivity contribution >= 4 is 17.5 Å². The summed E-state index contributed by atoms with van der Waals surface area (Å²) in [5.41, 5.74) is 1.09. The lowest BCUT2D eigenvalue weighted by Gasteiger charge is -2.01. The van der Waals surface area contributed by atoms with Gasteiger partial charge in [0, 0.05) is 17.7 Å². The van der Waals surface area contributed by atoms with Crippen molar-refractivity contribution in [2.45, 2.75) is 0 Å². The smallest absolute Gasteiger partial charge is 0.270 e. The van der Waals surface area contributed by atoms with Crippen LogP contribution in [-0.2, 0) is 0 Å². The molecule has 21 heavy (non-hydrogen) atoms. The molecule has 0 unspecified atom stereocenters. The lowest BCUT2D eigenvalue weighted by atomic mass is 10.1. The molecule has 0 aliphatic rings. The summed E-state index contributed by atoms with van der Waals surface area (Å²) in [5.74, 6) is 0.407. The first-order chi connectivity index (χ1) is 10.1. The summed E-state index contributed by atoms with van der Waals surface area (Å²) in [5, 5.41) is 10.7. The number of ether oxygens (including phenoxy) is 1. The fraction of sp³-hybridized carbons (Fsp3) is 0.0625. The summed E-state index contributed by atoms with van der Waals surface area (Å²) in [6.45, 7) is 0. The maximum Gasteiger partial charge on any atom is 0.270 e. The van der Waals surface area contributed by atoms with Gasteiger partial charge >= 0.3 is 0 Å². The first-order valence-electron chi connectivity index (χ1n) is 6.21. The van der Waals surface area contributed by atoms with E-state index in [1.807, 2.05) is 0 Å². The molecule has 5 heteroatoms. The zero-order valence-corrected chi connectivity index (χ0v) is 11.4. The van der Waals surface area contributed by atoms with Crippen LogP contribution in [0.15, 0.2) is 54.6 Å². The summed E-state index contributed by atoms with van der Waals surface area (Å²) >= 11 is 0. The lowest BCUT2D eigenvalue weighted by molar-refractivity contribution is -0.384. The van der Waals surface area contributed by atoms with Gasteiger partial charge in [-0.1, -0.05) is 30.3 Å². The topological polar surface area (TPSA) is 69.4 Å². The Kier molecular flexibility index (Phi) is 4.46. The van der Waals surface area contributed by atoms with E-state index in [4.69, 9.17) is 4.74 Å². The van der Waals surface area contributed by atoms with Gasteiger partial charge in [-0.25, -0.2) is 0 Å². The van der Waals surface area contributed by atoms with Gasteiger partial charge in [-0.2, -0.15) is 0 Å². The van der Waals surface area contributed by atoms with Crippen LogP contribution in [0.2, 0.25) is 0 Å². The summed E-state index contributed by atoms with van der Waals surface area (Å²) < 4.78 is 5.06. The van der Waals surface area contributed by atoms with Crippen molar-refractivity contribution in [3.05, 3.63) is 75.8 Å². The summed E-state index contributed by atoms with van der Waals surface area (Å²) in [7, 11) is 1.53. The molecule has 0 saturated heterocycles. The quantitative estimate of drug-likeness (QED) is 0.364. The summed E-state index contributed by atoms with van der Waals surface area (Å²) in [6, 6.07) is 12.9. The third kappa shape index (κ3) is 3.76. The normalized spacial score (nSPS) is 10.5. The molecule has 0 amide bonds. The SMILES string of the molecule is COc1cccc(C(=O)/C=C/c2cccc([N+](=O)[O-])c2)c1. The highest BCUT2D eigenvalue weighted by molar-refractivity contribution is 6.07. The zero-order valence-electron chi connectivity index (χ0n) is 11.4. The maximum atomic E-state index is 12.0. The molecule has 0 aromatic heterocycles. The molecule has 0 aliphatic heterocycles. The maximum absolute atomic E-state index is 12.0. The Hall–Kier alpha value is -2.95. The molecule has 0 atom stereocenters. The first kappa shape index (κ1) is 14.5. The number of nitro groups is 1. The molecule has 0 spiro atoms. The van der Waals surface area contributed by atoms with Gasteiger partial charge in [-0.05, 0) is 23.8 Å². The lowest BCUT2D eigenvalue weighted by Crippen LogP contribution is -1.95. The standard InChI is InChI=1S/C16H13NO4/c1-21-15-7-3-5-13(11-15)16(18)9-8-12-4-2-6-14(10-12)17(19)20/h2-11H,1H3/b9-8+. The minimum absolute atomic E-state index is 0.00835. The van der Waals surface area contributed by atoms with Crippen LogP contribution in [0, 0.1) is 10.1 Å². The number of nitrogens with zero attached hydrogens (tertiary/aromatic N) is 1. The minimum atomic E-state index is -0.471. The number of carbonyl (C=O) groups excluding carboxylic acids is 1. The number of allylic oxidation sites excluding steroid dienone is 1. The van der Waals surface area contributed by atoms with Gasteiger partial charge in [0.2, 0.25) is 0 Å². The number of hydrogen-bond donors (Lipinski definition) is 0. The Bertz CT molecular complexity index is 707. The molecule has 0 N–H and O–H groups in total. The molecule has 0 aliphatic carbocycles. The van der Waals surface area contributed by atoms with E-state index in [-0.39, 0.29) is 11.5 Å². The Morgan fingerprint density at radius 3 is 2.67 bits per heavy atom. The zero-order chi connectivity index (χ0) is 15.2. The van der Waals surface area contributed by atoms with E-state index < -0.39 is 4.92 Å². The van der Waals surface area contributed by atoms with Gasteiger partial charge in [-0.15, -0.1) is 0 Å². The highest BCUT2D eigenvalue weighted by Gasteiger charge is 2.05. The van der Waals surface area contributed by atoms with Crippen molar-refractivity contribution in [3.63, 3.8) is 0 Å². The molecule has 0 saturated carbocycles. The number of rotatable bonds is 5. The third-order valence-electron chi connectivity index (χ3n) is 2.86. The molecule has 2 aromatic rings. The molecule has 2 aromatic carbocycles. The van der Waals surface area contributed by atoms with Gasteiger partial charge < -0.3 is 4.74 Å². The number of hydrogen-bond acceptors (Lipinski definition) is 4. The van der Waals surface area contributed by atoms with Crippen LogP contribution in [0.4, 0.5) is 5.69 Å². The monoisotopic (exact) mass is 283 g/mol. The molecule has 0 fully saturated rings. The number of methoxy groups -OCH3 is 1. The van der Waals surface area contributed by atoms with Crippen molar-refractivity contribution in [1.82, 2.24) is 0 Å². The number of carbonyl (C=O) groups is 1. The first-order valence-corrected chi connectivity index (χ1v) is 6.21. The number of non-ortho nitro benzene ring substituents is 1. The van der Waals surface area contributed by atoms with Crippen LogP contribution < -0.4 is 4.74 Å². The second kappa shape index (κ2) is 6.47. The van der Waals surface area contributed by atoms with E-state index in [9.17, 15) is 14.9 Å². The van der Waals surface area contributed by atoms with Gasteiger partial charge in [0.25, 0.3) is 5.69 Å². The van der Waals surface area contributed by atoms with Crippen LogP contribution in [0.1, 0.15) is 15.9 Å². The fourth-order valence-corrected chi connectivity index (χ4v) is 1.79. The van der Waals surface area contributed by atoms with Gasteiger partial charge in [0.05, 0.1) is 12.0 Å². The summed E-state index contributed by atoms with van der Waals surface area (Å²) in [6.07, 6.45) is 2.93. The Morgan fingerprint density at radius 1 is 1.19 bits per heavy atom. The summed E-state index contributed by atoms with van der Waals surface area (Å²) in [4.78, 5) is 22.2. The second-order valence-corrected chi connectivity index (χ2v) is 4.28. The minimum Gasteiger partial charge on any atom is -0.497 e. The molecule has 2 rings (SSSR count). The number of ketones is 1. The average molecular weight is 283 g/mol. The molecule has 0 radical (unpaired) electrons. The van der Waals surface area contributed by atoms with Gasteiger partial charge in [0.15, 0.2) is 5.78 Å². The molecule has 106 valence electrons. The van der Waals surface area contributed by atoms with Crippen LogP contribution in [-0.4, -0.2) is 17.8 Å². The Balaban J connectivity index is 2.18. The molecule has 0 bridgehead atoms. The van der Waals surface area contributed by atoms with Crippen molar-refractivity contribution in [2.75, 3.05) is 7.11 Å². The van der Waals surface area contributed by atoms with Crippen LogP contribution in [0.25, 0.3) is 6.08 Å².